The van der Waals surface area contributed by atoms with Crippen LogP contribution in [0.25, 0.3) is 43.0 Å². The van der Waals surface area contributed by atoms with E-state index in [0.29, 0.717) is 0 Å². The van der Waals surface area contributed by atoms with Gasteiger partial charge >= 0.3 is 0 Å². The fourth-order valence-electron chi connectivity index (χ4n) is 4.35. The van der Waals surface area contributed by atoms with Crippen LogP contribution >= 0.6 is 11.3 Å². The zero-order chi connectivity index (χ0) is 24.8. The fraction of sp³-hybridized carbons (Fsp3) is 0.242. The molecule has 0 saturated heterocycles. The van der Waals surface area contributed by atoms with Crippen molar-refractivity contribution in [1.29, 1.82) is 0 Å². The van der Waals surface area contributed by atoms with Gasteiger partial charge in [0.25, 0.3) is 0 Å². The molecule has 0 radical (unpaired) electrons. The summed E-state index contributed by atoms with van der Waals surface area (Å²) in [6.07, 6.45) is 0. The van der Waals surface area contributed by atoms with Gasteiger partial charge in [0.1, 0.15) is 4.83 Å². The molecule has 0 fully saturated rings. The van der Waals surface area contributed by atoms with E-state index in [1.54, 1.807) is 11.3 Å². The number of pyridine rings is 1. The summed E-state index contributed by atoms with van der Waals surface area (Å²) >= 11 is 1.79. The van der Waals surface area contributed by atoms with Crippen LogP contribution in [-0.2, 0) is 10.8 Å². The number of hydrogen-bond acceptors (Lipinski definition) is 2. The Morgan fingerprint density at radius 2 is 1.17 bits per heavy atom. The highest BCUT2D eigenvalue weighted by molar-refractivity contribution is 7.21. The minimum atomic E-state index is 0.0991. The van der Waals surface area contributed by atoms with Crippen molar-refractivity contribution in [3.8, 4) is 32.8 Å². The second-order valence-corrected chi connectivity index (χ2v) is 12.5. The highest BCUT2D eigenvalue weighted by Crippen LogP contribution is 2.39. The van der Waals surface area contributed by atoms with Crippen LogP contribution in [0.2, 0.25) is 0 Å². The SMILES string of the molecule is CC(C)(C)c1cc(-c2cc3ccc(-c4cccc(-c5ccccc5)c4)nc3s2)cc(C(C)(C)C)c1. The summed E-state index contributed by atoms with van der Waals surface area (Å²) < 4.78 is 0. The smallest absolute Gasteiger partial charge is 0.124 e. The molecule has 0 spiro atoms. The van der Waals surface area contributed by atoms with Crippen molar-refractivity contribution < 1.29 is 0 Å². The van der Waals surface area contributed by atoms with Crippen LogP contribution in [0.1, 0.15) is 52.7 Å². The normalized spacial score (nSPS) is 12.3. The van der Waals surface area contributed by atoms with Crippen molar-refractivity contribution in [1.82, 2.24) is 4.98 Å². The molecule has 0 atom stereocenters. The van der Waals surface area contributed by atoms with Gasteiger partial charge in [-0.25, -0.2) is 4.98 Å². The second-order valence-electron chi connectivity index (χ2n) is 11.4. The minimum Gasteiger partial charge on any atom is -0.237 e. The third kappa shape index (κ3) is 4.94. The monoisotopic (exact) mass is 475 g/mol. The number of aromatic nitrogens is 1. The Balaban J connectivity index is 1.57. The lowest BCUT2D eigenvalue weighted by molar-refractivity contribution is 0.569. The Bertz CT molecular complexity index is 1460. The first-order chi connectivity index (χ1) is 16.6. The zero-order valence-electron chi connectivity index (χ0n) is 21.5. The molecular weight excluding hydrogens is 442 g/mol. The van der Waals surface area contributed by atoms with Crippen molar-refractivity contribution >= 4 is 21.6 Å². The molecule has 0 N–H and O–H groups in total. The van der Waals surface area contributed by atoms with Gasteiger partial charge in [0.05, 0.1) is 5.69 Å². The van der Waals surface area contributed by atoms with Crippen molar-refractivity contribution in [3.63, 3.8) is 0 Å². The van der Waals surface area contributed by atoms with Crippen molar-refractivity contribution in [3.05, 3.63) is 102 Å². The molecule has 0 aliphatic rings. The van der Waals surface area contributed by atoms with E-state index in [1.807, 2.05) is 0 Å². The summed E-state index contributed by atoms with van der Waals surface area (Å²) in [5.41, 5.74) is 8.85. The third-order valence-electron chi connectivity index (χ3n) is 6.60. The molecule has 0 saturated carbocycles. The summed E-state index contributed by atoms with van der Waals surface area (Å²) in [5.74, 6) is 0. The van der Waals surface area contributed by atoms with Crippen molar-refractivity contribution in [2.45, 2.75) is 52.4 Å². The molecule has 0 aliphatic heterocycles. The molecule has 2 heterocycles. The lowest BCUT2D eigenvalue weighted by Crippen LogP contribution is -2.16. The Kier molecular flexibility index (Phi) is 5.89. The largest absolute Gasteiger partial charge is 0.237 e. The highest BCUT2D eigenvalue weighted by atomic mass is 32.1. The van der Waals surface area contributed by atoms with E-state index in [2.05, 4.69) is 133 Å². The average Bonchev–Trinajstić information content (AvgIpc) is 3.27. The molecule has 0 bridgehead atoms. The molecule has 5 aromatic rings. The third-order valence-corrected chi connectivity index (χ3v) is 7.69. The molecule has 5 rings (SSSR count). The Labute approximate surface area is 213 Å². The molecule has 1 nitrogen and oxygen atoms in total. The highest BCUT2D eigenvalue weighted by Gasteiger charge is 2.21. The summed E-state index contributed by atoms with van der Waals surface area (Å²) in [6.45, 7) is 13.8. The van der Waals surface area contributed by atoms with Gasteiger partial charge in [0.2, 0.25) is 0 Å². The fourth-order valence-corrected chi connectivity index (χ4v) is 5.36. The van der Waals surface area contributed by atoms with E-state index in [9.17, 15) is 0 Å². The van der Waals surface area contributed by atoms with E-state index in [-0.39, 0.29) is 10.8 Å². The predicted octanol–water partition coefficient (Wildman–Crippen LogP) is 9.89. The van der Waals surface area contributed by atoms with Gasteiger partial charge in [-0.05, 0) is 75.0 Å². The topological polar surface area (TPSA) is 12.9 Å². The lowest BCUT2D eigenvalue weighted by atomic mass is 9.79. The molecule has 0 aliphatic carbocycles. The maximum atomic E-state index is 5.09. The molecule has 0 unspecified atom stereocenters. The standard InChI is InChI=1S/C33H33NS/c1-32(2,3)27-18-26(19-28(21-27)33(4,5)6)30-20-25-15-16-29(34-31(25)35-30)24-14-10-13-23(17-24)22-11-8-7-9-12-22/h7-21H,1-6H3. The maximum Gasteiger partial charge on any atom is 0.124 e. The number of thiophene rings is 1. The molecule has 176 valence electrons. The number of nitrogens with zero attached hydrogens (tertiary/aromatic N) is 1. The molecule has 35 heavy (non-hydrogen) atoms. The number of fused-ring (bicyclic) bond motifs is 1. The van der Waals surface area contributed by atoms with Crippen LogP contribution in [0.5, 0.6) is 0 Å². The first kappa shape index (κ1) is 23.5. The van der Waals surface area contributed by atoms with Crippen LogP contribution in [0.4, 0.5) is 0 Å². The first-order valence-electron chi connectivity index (χ1n) is 12.3. The van der Waals surface area contributed by atoms with Crippen LogP contribution in [0.3, 0.4) is 0 Å². The van der Waals surface area contributed by atoms with Crippen molar-refractivity contribution in [2.75, 3.05) is 0 Å². The average molecular weight is 476 g/mol. The van der Waals surface area contributed by atoms with E-state index in [4.69, 9.17) is 4.98 Å². The van der Waals surface area contributed by atoms with E-state index >= 15 is 0 Å². The van der Waals surface area contributed by atoms with Crippen LogP contribution in [-0.4, -0.2) is 4.98 Å². The Morgan fingerprint density at radius 3 is 1.83 bits per heavy atom. The van der Waals surface area contributed by atoms with E-state index < -0.39 is 0 Å². The van der Waals surface area contributed by atoms with Gasteiger partial charge < -0.3 is 0 Å². The Morgan fingerprint density at radius 1 is 0.543 bits per heavy atom. The van der Waals surface area contributed by atoms with Gasteiger partial charge in [0.15, 0.2) is 0 Å². The number of rotatable bonds is 3. The predicted molar refractivity (Wildman–Crippen MR) is 153 cm³/mol. The van der Waals surface area contributed by atoms with E-state index in [1.165, 1.54) is 38.1 Å². The Hall–Kier alpha value is -3.23. The lowest BCUT2D eigenvalue weighted by Gasteiger charge is -2.26. The number of benzene rings is 3. The van der Waals surface area contributed by atoms with Gasteiger partial charge in [-0.1, -0.05) is 96.1 Å². The summed E-state index contributed by atoms with van der Waals surface area (Å²) in [5, 5.41) is 1.20. The van der Waals surface area contributed by atoms with Crippen LogP contribution in [0, 0.1) is 0 Å². The quantitative estimate of drug-likeness (QED) is 0.253. The van der Waals surface area contributed by atoms with Crippen molar-refractivity contribution in [2.24, 2.45) is 0 Å². The van der Waals surface area contributed by atoms with Gasteiger partial charge in [-0.3, -0.25) is 0 Å². The van der Waals surface area contributed by atoms with E-state index in [0.717, 1.165) is 16.1 Å². The van der Waals surface area contributed by atoms with Gasteiger partial charge in [-0.2, -0.15) is 0 Å². The summed E-state index contributed by atoms with van der Waals surface area (Å²) in [6, 6.07) is 33.0. The number of hydrogen-bond donors (Lipinski definition) is 0. The van der Waals surface area contributed by atoms with Gasteiger partial charge in [-0.15, -0.1) is 11.3 Å². The van der Waals surface area contributed by atoms with Crippen LogP contribution in [0.15, 0.2) is 91.0 Å². The second kappa shape index (κ2) is 8.77. The molecule has 3 aromatic carbocycles. The summed E-state index contributed by atoms with van der Waals surface area (Å²) in [7, 11) is 0. The molecule has 2 aromatic heterocycles. The molecular formula is C33H33NS. The van der Waals surface area contributed by atoms with Gasteiger partial charge in [0, 0.05) is 15.8 Å². The first-order valence-corrected chi connectivity index (χ1v) is 13.1. The zero-order valence-corrected chi connectivity index (χ0v) is 22.3. The summed E-state index contributed by atoms with van der Waals surface area (Å²) in [4.78, 5) is 7.45. The molecule has 0 amide bonds. The minimum absolute atomic E-state index is 0.0991. The van der Waals surface area contributed by atoms with Crippen LogP contribution < -0.4 is 0 Å². The molecule has 2 heteroatoms. The maximum absolute atomic E-state index is 5.09.